The van der Waals surface area contributed by atoms with Gasteiger partial charge >= 0.3 is 0 Å². The highest BCUT2D eigenvalue weighted by Crippen LogP contribution is 2.38. The van der Waals surface area contributed by atoms with Gasteiger partial charge in [0.1, 0.15) is 0 Å². The van der Waals surface area contributed by atoms with E-state index in [0.717, 1.165) is 56.4 Å². The third kappa shape index (κ3) is 6.08. The van der Waals surface area contributed by atoms with Gasteiger partial charge in [0, 0.05) is 5.56 Å². The van der Waals surface area contributed by atoms with E-state index in [-0.39, 0.29) is 17.6 Å². The van der Waals surface area contributed by atoms with E-state index in [1.54, 1.807) is 6.07 Å². The lowest BCUT2D eigenvalue weighted by Crippen LogP contribution is -2.24. The molecule has 164 valence electrons. The Hall–Kier alpha value is -1.32. The van der Waals surface area contributed by atoms with Crippen LogP contribution in [0.15, 0.2) is 6.07 Å². The molecule has 1 fully saturated rings. The Kier molecular flexibility index (Phi) is 8.62. The molecule has 1 aromatic carbocycles. The number of unbranched alkanes of at least 4 members (excludes halogenated alkanes) is 3. The second-order valence-electron chi connectivity index (χ2n) is 9.11. The summed E-state index contributed by atoms with van der Waals surface area (Å²) in [6, 6.07) is 1.67. The number of rotatable bonds is 10. The molecule has 0 saturated heterocycles. The number of aryl methyl sites for hydroxylation is 1. The average Bonchev–Trinajstić information content (AvgIpc) is 2.75. The lowest BCUT2D eigenvalue weighted by molar-refractivity contribution is 0.147. The van der Waals surface area contributed by atoms with Crippen LogP contribution in [-0.4, -0.2) is 12.7 Å². The Labute approximate surface area is 175 Å². The van der Waals surface area contributed by atoms with Gasteiger partial charge < -0.3 is 9.47 Å². The van der Waals surface area contributed by atoms with Crippen LogP contribution >= 0.6 is 0 Å². The molecule has 1 saturated carbocycles. The summed E-state index contributed by atoms with van der Waals surface area (Å²) in [5.41, 5.74) is 0.742. The second-order valence-corrected chi connectivity index (χ2v) is 9.11. The third-order valence-corrected chi connectivity index (χ3v) is 6.76. The highest BCUT2D eigenvalue weighted by molar-refractivity contribution is 5.44. The van der Waals surface area contributed by atoms with Crippen molar-refractivity contribution in [2.75, 3.05) is 6.61 Å². The van der Waals surface area contributed by atoms with E-state index in [9.17, 15) is 8.78 Å². The molecule has 2 aliphatic rings. The van der Waals surface area contributed by atoms with Crippen molar-refractivity contribution in [3.05, 3.63) is 23.3 Å². The van der Waals surface area contributed by atoms with E-state index in [4.69, 9.17) is 9.47 Å². The van der Waals surface area contributed by atoms with E-state index in [2.05, 4.69) is 13.8 Å². The first-order valence-electron chi connectivity index (χ1n) is 11.9. The molecule has 0 amide bonds. The average molecular weight is 409 g/mol. The fraction of sp³-hybridized carbons (Fsp3) is 0.760. The Balaban J connectivity index is 1.52. The van der Waals surface area contributed by atoms with Crippen molar-refractivity contribution in [1.82, 2.24) is 0 Å². The number of halogens is 2. The van der Waals surface area contributed by atoms with Gasteiger partial charge in [-0.3, -0.25) is 0 Å². The molecule has 0 bridgehead atoms. The fourth-order valence-corrected chi connectivity index (χ4v) is 4.81. The van der Waals surface area contributed by atoms with Crippen LogP contribution in [0.25, 0.3) is 0 Å². The van der Waals surface area contributed by atoms with Gasteiger partial charge in [0.25, 0.3) is 0 Å². The topological polar surface area (TPSA) is 18.5 Å². The molecule has 1 aromatic rings. The van der Waals surface area contributed by atoms with Crippen LogP contribution in [0.4, 0.5) is 8.78 Å². The Morgan fingerprint density at radius 1 is 0.897 bits per heavy atom. The smallest absolute Gasteiger partial charge is 0.204 e. The summed E-state index contributed by atoms with van der Waals surface area (Å²) in [7, 11) is 0. The number of hydrogen-bond donors (Lipinski definition) is 0. The molecule has 0 N–H and O–H groups in total. The van der Waals surface area contributed by atoms with Crippen molar-refractivity contribution in [3.63, 3.8) is 0 Å². The van der Waals surface area contributed by atoms with E-state index in [1.165, 1.54) is 38.5 Å². The van der Waals surface area contributed by atoms with Crippen LogP contribution in [0.1, 0.15) is 96.5 Å². The van der Waals surface area contributed by atoms with Crippen LogP contribution in [0.2, 0.25) is 0 Å². The maximum absolute atomic E-state index is 14.6. The Morgan fingerprint density at radius 3 is 2.34 bits per heavy atom. The van der Waals surface area contributed by atoms with Crippen molar-refractivity contribution in [2.45, 2.75) is 103 Å². The van der Waals surface area contributed by atoms with Crippen molar-refractivity contribution in [1.29, 1.82) is 0 Å². The lowest BCUT2D eigenvalue weighted by Gasteiger charge is -2.29. The molecule has 1 unspecified atom stereocenters. The van der Waals surface area contributed by atoms with Gasteiger partial charge in [0.2, 0.25) is 11.6 Å². The maximum atomic E-state index is 14.6. The van der Waals surface area contributed by atoms with Gasteiger partial charge in [0.05, 0.1) is 12.7 Å². The summed E-state index contributed by atoms with van der Waals surface area (Å²) in [4.78, 5) is 0. The fourth-order valence-electron chi connectivity index (χ4n) is 4.81. The molecule has 1 atom stereocenters. The first kappa shape index (κ1) is 22.4. The summed E-state index contributed by atoms with van der Waals surface area (Å²) in [5.74, 6) is -0.317. The summed E-state index contributed by atoms with van der Waals surface area (Å²) >= 11 is 0. The van der Waals surface area contributed by atoms with Gasteiger partial charge in [0.15, 0.2) is 11.5 Å². The summed E-state index contributed by atoms with van der Waals surface area (Å²) in [6.07, 6.45) is 14.6. The molecule has 1 heterocycles. The van der Waals surface area contributed by atoms with Crippen molar-refractivity contribution >= 4 is 0 Å². The molecule has 0 radical (unpaired) electrons. The van der Waals surface area contributed by atoms with E-state index in [0.29, 0.717) is 12.5 Å². The van der Waals surface area contributed by atoms with Crippen LogP contribution in [0, 0.1) is 23.5 Å². The van der Waals surface area contributed by atoms with Crippen LogP contribution < -0.4 is 9.47 Å². The van der Waals surface area contributed by atoms with Gasteiger partial charge in [-0.25, -0.2) is 0 Å². The number of ether oxygens (including phenoxy) is 2. The van der Waals surface area contributed by atoms with Crippen molar-refractivity contribution in [2.24, 2.45) is 11.8 Å². The zero-order chi connectivity index (χ0) is 20.6. The normalized spacial score (nSPS) is 24.1. The zero-order valence-corrected chi connectivity index (χ0v) is 18.3. The van der Waals surface area contributed by atoms with Crippen molar-refractivity contribution < 1.29 is 18.3 Å². The minimum atomic E-state index is -0.895. The Bertz CT molecular complexity index is 638. The molecule has 3 rings (SSSR count). The molecule has 0 aromatic heterocycles. The third-order valence-electron chi connectivity index (χ3n) is 6.76. The molecule has 4 heteroatoms. The predicted octanol–water partition coefficient (Wildman–Crippen LogP) is 7.61. The Morgan fingerprint density at radius 2 is 1.62 bits per heavy atom. The van der Waals surface area contributed by atoms with Crippen LogP contribution in [0.5, 0.6) is 11.5 Å². The van der Waals surface area contributed by atoms with Gasteiger partial charge in [-0.1, -0.05) is 65.2 Å². The van der Waals surface area contributed by atoms with E-state index in [1.807, 2.05) is 0 Å². The highest BCUT2D eigenvalue weighted by Gasteiger charge is 2.28. The monoisotopic (exact) mass is 408 g/mol. The van der Waals surface area contributed by atoms with Gasteiger partial charge in [-0.2, -0.15) is 8.78 Å². The maximum Gasteiger partial charge on any atom is 0.204 e. The molecule has 1 aliphatic carbocycles. The molecule has 1 aliphatic heterocycles. The highest BCUT2D eigenvalue weighted by atomic mass is 19.2. The quantitative estimate of drug-likeness (QED) is 0.371. The summed E-state index contributed by atoms with van der Waals surface area (Å²) in [6.45, 7) is 4.85. The summed E-state index contributed by atoms with van der Waals surface area (Å²) < 4.78 is 40.8. The minimum absolute atomic E-state index is 0.00405. The first-order chi connectivity index (χ1) is 14.1. The lowest BCUT2D eigenvalue weighted by atomic mass is 9.80. The molecule has 2 nitrogen and oxygen atoms in total. The first-order valence-corrected chi connectivity index (χ1v) is 11.9. The molecular formula is C25H38F2O2. The molecule has 29 heavy (non-hydrogen) atoms. The predicted molar refractivity (Wildman–Crippen MR) is 114 cm³/mol. The standard InChI is InChI=1S/C25H38F2O2/c1-3-5-7-8-18-10-12-19(13-11-18)17-28-22-16-20-14-15-21(9-6-4-2)29-25(20)24(27)23(22)26/h16,18-19,21H,3-15,17H2,1-2H3/t18-,19-,21?. The zero-order valence-electron chi connectivity index (χ0n) is 18.3. The van der Waals surface area contributed by atoms with Crippen LogP contribution in [-0.2, 0) is 6.42 Å². The van der Waals surface area contributed by atoms with Crippen LogP contribution in [0.3, 0.4) is 0 Å². The largest absolute Gasteiger partial charge is 0.490 e. The minimum Gasteiger partial charge on any atom is -0.490 e. The number of fused-ring (bicyclic) bond motifs is 1. The summed E-state index contributed by atoms with van der Waals surface area (Å²) in [5, 5.41) is 0. The number of benzene rings is 1. The van der Waals surface area contributed by atoms with Gasteiger partial charge in [-0.15, -0.1) is 0 Å². The second kappa shape index (κ2) is 11.2. The SMILES string of the molecule is CCCCC[C@H]1CC[C@H](COc2cc3c(c(F)c2F)OC(CCCC)CC3)CC1. The van der Waals surface area contributed by atoms with Crippen molar-refractivity contribution in [3.8, 4) is 11.5 Å². The molecular weight excluding hydrogens is 370 g/mol. The van der Waals surface area contributed by atoms with E-state index < -0.39 is 11.6 Å². The number of hydrogen-bond acceptors (Lipinski definition) is 2. The van der Waals surface area contributed by atoms with Gasteiger partial charge in [-0.05, 0) is 50.0 Å². The molecule has 0 spiro atoms. The van der Waals surface area contributed by atoms with E-state index >= 15 is 0 Å².